The van der Waals surface area contributed by atoms with Crippen molar-refractivity contribution >= 4 is 29.3 Å². The van der Waals surface area contributed by atoms with Crippen molar-refractivity contribution in [3.8, 4) is 23.0 Å². The molecular weight excluding hydrogens is 482 g/mol. The number of nitrogens with zero attached hydrogens (tertiary/aromatic N) is 3. The molecule has 3 aliphatic rings. The van der Waals surface area contributed by atoms with Gasteiger partial charge in [-0.05, 0) is 30.3 Å². The third kappa shape index (κ3) is 3.90. The molecule has 11 nitrogen and oxygen atoms in total. The van der Waals surface area contributed by atoms with Crippen LogP contribution >= 0.6 is 0 Å². The minimum atomic E-state index is -1.75. The fourth-order valence-electron chi connectivity index (χ4n) is 4.86. The zero-order chi connectivity index (χ0) is 26.3. The predicted molar refractivity (Wildman–Crippen MR) is 130 cm³/mol. The van der Waals surface area contributed by atoms with Crippen LogP contribution in [0.1, 0.15) is 12.0 Å². The van der Waals surface area contributed by atoms with Gasteiger partial charge in [-0.25, -0.2) is 0 Å². The number of carbonyl (C=O) groups is 4. The first-order valence-electron chi connectivity index (χ1n) is 11.8. The number of anilines is 1. The normalized spacial score (nSPS) is 19.9. The Balaban J connectivity index is 1.43. The highest BCUT2D eigenvalue weighted by Gasteiger charge is 2.64. The van der Waals surface area contributed by atoms with Gasteiger partial charge < -0.3 is 28.7 Å². The summed E-state index contributed by atoms with van der Waals surface area (Å²) in [5.41, 5.74) is -0.883. The number of likely N-dealkylation sites (tertiary alicyclic amines) is 1. The Hall–Kier alpha value is -4.28. The van der Waals surface area contributed by atoms with Crippen molar-refractivity contribution < 1.29 is 38.1 Å². The van der Waals surface area contributed by atoms with Crippen molar-refractivity contribution in [1.29, 1.82) is 0 Å². The van der Waals surface area contributed by atoms with Crippen LogP contribution in [0.2, 0.25) is 0 Å². The van der Waals surface area contributed by atoms with Crippen molar-refractivity contribution in [2.45, 2.75) is 11.8 Å². The van der Waals surface area contributed by atoms with Gasteiger partial charge in [-0.2, -0.15) is 0 Å². The maximum absolute atomic E-state index is 13.9. The highest BCUT2D eigenvalue weighted by molar-refractivity contribution is 6.29. The minimum absolute atomic E-state index is 0.0953. The first kappa shape index (κ1) is 24.4. The lowest BCUT2D eigenvalue weighted by Crippen LogP contribution is -2.48. The lowest BCUT2D eigenvalue weighted by molar-refractivity contribution is -0.146. The van der Waals surface area contributed by atoms with Gasteiger partial charge in [0.2, 0.25) is 23.5 Å². The highest BCUT2D eigenvalue weighted by Crippen LogP contribution is 2.49. The lowest BCUT2D eigenvalue weighted by atomic mass is 9.80. The van der Waals surface area contributed by atoms with E-state index in [1.807, 2.05) is 0 Å². The molecule has 1 fully saturated rings. The number of hydrogen-bond donors (Lipinski definition) is 0. The van der Waals surface area contributed by atoms with Crippen LogP contribution in [-0.4, -0.2) is 87.5 Å². The topological polar surface area (TPSA) is 115 Å². The molecule has 1 spiro atoms. The molecule has 0 radical (unpaired) electrons. The molecule has 4 amide bonds. The zero-order valence-electron chi connectivity index (χ0n) is 20.8. The van der Waals surface area contributed by atoms with Crippen LogP contribution in [0.25, 0.3) is 0 Å². The summed E-state index contributed by atoms with van der Waals surface area (Å²) in [7, 11) is 4.55. The molecule has 0 saturated carbocycles. The molecule has 5 rings (SSSR count). The van der Waals surface area contributed by atoms with E-state index in [1.54, 1.807) is 36.4 Å². The van der Waals surface area contributed by atoms with Gasteiger partial charge in [0.1, 0.15) is 32.1 Å². The van der Waals surface area contributed by atoms with Crippen LogP contribution in [0.15, 0.2) is 36.4 Å². The largest absolute Gasteiger partial charge is 0.497 e. The third-order valence-electron chi connectivity index (χ3n) is 6.79. The molecule has 0 aliphatic carbocycles. The van der Waals surface area contributed by atoms with Crippen LogP contribution in [0.4, 0.5) is 5.69 Å². The summed E-state index contributed by atoms with van der Waals surface area (Å²) >= 11 is 0. The summed E-state index contributed by atoms with van der Waals surface area (Å²) in [6.45, 7) is 0.632. The Morgan fingerprint density at radius 3 is 2.57 bits per heavy atom. The molecule has 0 bridgehead atoms. The summed E-state index contributed by atoms with van der Waals surface area (Å²) in [4.78, 5) is 56.4. The number of para-hydroxylation sites is 1. The van der Waals surface area contributed by atoms with E-state index in [2.05, 4.69) is 0 Å². The molecular formula is C26H27N3O8. The van der Waals surface area contributed by atoms with Gasteiger partial charge in [0.15, 0.2) is 16.9 Å². The van der Waals surface area contributed by atoms with E-state index in [9.17, 15) is 19.2 Å². The second kappa shape index (κ2) is 9.30. The molecule has 1 saturated heterocycles. The van der Waals surface area contributed by atoms with Gasteiger partial charge in [-0.15, -0.1) is 0 Å². The van der Waals surface area contributed by atoms with Crippen molar-refractivity contribution in [3.63, 3.8) is 0 Å². The number of fused-ring (bicyclic) bond motifs is 3. The standard InChI is InChI=1S/C26H27N3O8/c1-27(2)22(31)15-29-21(30)14-26(25(29)33)17-13-16(34-3)7-8-18(17)28(24(26)32)9-10-35-19-5-4-6-20-23(19)37-12-11-36-20/h4-8,13H,9-12,14-15H2,1-3H3. The van der Waals surface area contributed by atoms with Crippen LogP contribution in [0.5, 0.6) is 23.0 Å². The molecule has 194 valence electrons. The highest BCUT2D eigenvalue weighted by atomic mass is 16.6. The van der Waals surface area contributed by atoms with Gasteiger partial charge in [0.05, 0.1) is 20.1 Å². The number of benzene rings is 2. The fourth-order valence-corrected chi connectivity index (χ4v) is 4.86. The zero-order valence-corrected chi connectivity index (χ0v) is 20.8. The Labute approximate surface area is 213 Å². The van der Waals surface area contributed by atoms with E-state index in [0.29, 0.717) is 47.5 Å². The lowest BCUT2D eigenvalue weighted by Gasteiger charge is -2.24. The molecule has 11 heteroatoms. The molecule has 2 aromatic rings. The molecule has 1 unspecified atom stereocenters. The predicted octanol–water partition coefficient (Wildman–Crippen LogP) is 0.977. The summed E-state index contributed by atoms with van der Waals surface area (Å²) < 4.78 is 22.5. The summed E-state index contributed by atoms with van der Waals surface area (Å²) in [5, 5.41) is 0. The van der Waals surface area contributed by atoms with E-state index in [4.69, 9.17) is 18.9 Å². The molecule has 1 atom stereocenters. The first-order valence-corrected chi connectivity index (χ1v) is 11.8. The van der Waals surface area contributed by atoms with Gasteiger partial charge in [0, 0.05) is 25.3 Å². The Bertz CT molecular complexity index is 1290. The average Bonchev–Trinajstić information content (AvgIpc) is 3.29. The van der Waals surface area contributed by atoms with E-state index >= 15 is 0 Å². The molecule has 2 aromatic carbocycles. The number of amides is 4. The van der Waals surface area contributed by atoms with Crippen molar-refractivity contribution in [1.82, 2.24) is 9.80 Å². The summed E-state index contributed by atoms with van der Waals surface area (Å²) in [5.74, 6) is -0.230. The molecule has 0 N–H and O–H groups in total. The average molecular weight is 510 g/mol. The van der Waals surface area contributed by atoms with Crippen LogP contribution < -0.4 is 23.8 Å². The van der Waals surface area contributed by atoms with Crippen molar-refractivity contribution in [2.24, 2.45) is 0 Å². The molecule has 37 heavy (non-hydrogen) atoms. The number of rotatable bonds is 7. The molecule has 3 heterocycles. The Morgan fingerprint density at radius 1 is 1.05 bits per heavy atom. The van der Waals surface area contributed by atoms with Crippen LogP contribution in [0, 0.1) is 0 Å². The van der Waals surface area contributed by atoms with Gasteiger partial charge in [0.25, 0.3) is 5.91 Å². The maximum atomic E-state index is 13.9. The van der Waals surface area contributed by atoms with Crippen LogP contribution in [-0.2, 0) is 24.6 Å². The third-order valence-corrected chi connectivity index (χ3v) is 6.79. The number of hydrogen-bond acceptors (Lipinski definition) is 8. The Morgan fingerprint density at radius 2 is 1.81 bits per heavy atom. The van der Waals surface area contributed by atoms with E-state index in [-0.39, 0.29) is 19.6 Å². The summed E-state index contributed by atoms with van der Waals surface area (Å²) in [6, 6.07) is 10.3. The van der Waals surface area contributed by atoms with Gasteiger partial charge in [-0.3, -0.25) is 24.1 Å². The fraction of sp³-hybridized carbons (Fsp3) is 0.385. The van der Waals surface area contributed by atoms with Gasteiger partial charge >= 0.3 is 0 Å². The number of carbonyl (C=O) groups excluding carboxylic acids is 4. The number of methoxy groups -OCH3 is 1. The number of ether oxygens (including phenoxy) is 4. The SMILES string of the molecule is COc1ccc2c(c1)C1(CC(=O)N(CC(=O)N(C)C)C1=O)C(=O)N2CCOc1cccc2c1OCCO2. The van der Waals surface area contributed by atoms with E-state index in [1.165, 1.54) is 31.0 Å². The number of likely N-dealkylation sites (N-methyl/N-ethyl adjacent to an activating group) is 1. The smallest absolute Gasteiger partial charge is 0.250 e. The van der Waals surface area contributed by atoms with Gasteiger partial charge in [-0.1, -0.05) is 6.07 Å². The Kier molecular flexibility index (Phi) is 6.14. The molecule has 0 aromatic heterocycles. The molecule has 3 aliphatic heterocycles. The first-order chi connectivity index (χ1) is 17.8. The van der Waals surface area contributed by atoms with Crippen LogP contribution in [0.3, 0.4) is 0 Å². The van der Waals surface area contributed by atoms with Crippen molar-refractivity contribution in [3.05, 3.63) is 42.0 Å². The minimum Gasteiger partial charge on any atom is -0.497 e. The second-order valence-electron chi connectivity index (χ2n) is 9.12. The monoisotopic (exact) mass is 509 g/mol. The number of imide groups is 1. The van der Waals surface area contributed by atoms with E-state index < -0.39 is 35.6 Å². The second-order valence-corrected chi connectivity index (χ2v) is 9.12. The van der Waals surface area contributed by atoms with E-state index in [0.717, 1.165) is 4.90 Å². The van der Waals surface area contributed by atoms with Crippen molar-refractivity contribution in [2.75, 3.05) is 59.0 Å². The quantitative estimate of drug-likeness (QED) is 0.401. The maximum Gasteiger partial charge on any atom is 0.250 e. The summed E-state index contributed by atoms with van der Waals surface area (Å²) in [6.07, 6.45) is -0.361.